The number of halogens is 3. The summed E-state index contributed by atoms with van der Waals surface area (Å²) >= 11 is 18.5. The molecule has 0 aliphatic rings. The van der Waals surface area contributed by atoms with E-state index in [4.69, 9.17) is 34.8 Å². The second-order valence-corrected chi connectivity index (χ2v) is 8.27. The van der Waals surface area contributed by atoms with Crippen molar-refractivity contribution in [2.75, 3.05) is 10.6 Å². The number of anilines is 2. The van der Waals surface area contributed by atoms with E-state index in [-0.39, 0.29) is 0 Å². The van der Waals surface area contributed by atoms with Crippen molar-refractivity contribution in [2.45, 2.75) is 37.7 Å². The van der Waals surface area contributed by atoms with Gasteiger partial charge in [-0.2, -0.15) is 0 Å². The molecule has 2 aromatic carbocycles. The number of hydrogen-bond donors (Lipinski definition) is 2. The van der Waals surface area contributed by atoms with Gasteiger partial charge in [-0.1, -0.05) is 70.2 Å². The Hall–Kier alpha value is -1.09. The quantitative estimate of drug-likeness (QED) is 0.498. The summed E-state index contributed by atoms with van der Waals surface area (Å²) < 4.78 is -1.51. The molecule has 0 aliphatic carbocycles. The lowest BCUT2D eigenvalue weighted by molar-refractivity contribution is 0.834. The van der Waals surface area contributed by atoms with Crippen molar-refractivity contribution in [1.82, 2.24) is 0 Å². The van der Waals surface area contributed by atoms with Crippen LogP contribution in [0.1, 0.15) is 22.3 Å². The molecule has 0 atom stereocenters. The van der Waals surface area contributed by atoms with Gasteiger partial charge in [0.15, 0.2) is 0 Å². The van der Waals surface area contributed by atoms with Crippen LogP contribution >= 0.6 is 34.8 Å². The number of rotatable bonds is 4. The highest BCUT2D eigenvalue weighted by Crippen LogP contribution is 2.34. The van der Waals surface area contributed by atoms with Crippen LogP contribution in [0.15, 0.2) is 36.4 Å². The van der Waals surface area contributed by atoms with Crippen LogP contribution in [0.3, 0.4) is 0 Å². The Balaban J connectivity index is 2.27. The van der Waals surface area contributed by atoms with E-state index in [9.17, 15) is 0 Å². The van der Waals surface area contributed by atoms with E-state index in [0.29, 0.717) is 0 Å². The third-order valence-corrected chi connectivity index (χ3v) is 4.35. The largest absolute Gasteiger partial charge is 0.362 e. The van der Waals surface area contributed by atoms with Crippen LogP contribution in [0.5, 0.6) is 0 Å². The maximum atomic E-state index is 6.17. The Morgan fingerprint density at radius 3 is 1.43 bits per heavy atom. The summed E-state index contributed by atoms with van der Waals surface area (Å²) in [6.07, 6.45) is -0.560. The molecule has 0 spiro atoms. The molecule has 2 N–H and O–H groups in total. The summed E-state index contributed by atoms with van der Waals surface area (Å²) in [5.74, 6) is 0. The van der Waals surface area contributed by atoms with Crippen LogP contribution in [-0.4, -0.2) is 9.96 Å². The normalized spacial score (nSPS) is 11.7. The molecule has 0 unspecified atom stereocenters. The first-order valence-corrected chi connectivity index (χ1v) is 8.54. The summed E-state index contributed by atoms with van der Waals surface area (Å²) in [6, 6.07) is 12.2. The first-order valence-electron chi connectivity index (χ1n) is 7.41. The standard InChI is InChI=1S/C18H21Cl3N2/c1-11-5-7-15(13(3)9-11)22-17(18(19,20)21)23-16-8-6-12(2)10-14(16)4/h5-10,17,22-23H,1-4H3. The smallest absolute Gasteiger partial charge is 0.228 e. The van der Waals surface area contributed by atoms with Crippen LogP contribution in [0, 0.1) is 27.7 Å². The predicted molar refractivity (Wildman–Crippen MR) is 103 cm³/mol. The van der Waals surface area contributed by atoms with Gasteiger partial charge in [-0.05, 0) is 51.0 Å². The van der Waals surface area contributed by atoms with Crippen LogP contribution in [-0.2, 0) is 0 Å². The van der Waals surface area contributed by atoms with E-state index in [1.54, 1.807) is 0 Å². The lowest BCUT2D eigenvalue weighted by Crippen LogP contribution is -2.41. The number of benzene rings is 2. The van der Waals surface area contributed by atoms with Crippen molar-refractivity contribution in [3.63, 3.8) is 0 Å². The van der Waals surface area contributed by atoms with E-state index in [2.05, 4.69) is 36.6 Å². The monoisotopic (exact) mass is 370 g/mol. The first kappa shape index (κ1) is 18.3. The average Bonchev–Trinajstić information content (AvgIpc) is 2.42. The van der Waals surface area contributed by atoms with Crippen molar-refractivity contribution >= 4 is 46.2 Å². The Kier molecular flexibility index (Phi) is 5.72. The minimum absolute atomic E-state index is 0.560. The van der Waals surface area contributed by atoms with E-state index < -0.39 is 9.96 Å². The minimum atomic E-state index is -1.51. The summed E-state index contributed by atoms with van der Waals surface area (Å²) in [4.78, 5) is 0. The van der Waals surface area contributed by atoms with E-state index in [0.717, 1.165) is 22.5 Å². The number of nitrogens with one attached hydrogen (secondary N) is 2. The summed E-state index contributed by atoms with van der Waals surface area (Å²) in [7, 11) is 0. The van der Waals surface area contributed by atoms with Crippen molar-refractivity contribution in [3.05, 3.63) is 58.7 Å². The van der Waals surface area contributed by atoms with Crippen molar-refractivity contribution in [2.24, 2.45) is 0 Å². The fraction of sp³-hybridized carbons (Fsp3) is 0.333. The molecule has 0 saturated heterocycles. The molecule has 0 amide bonds. The Morgan fingerprint density at radius 2 is 1.13 bits per heavy atom. The van der Waals surface area contributed by atoms with Gasteiger partial charge in [-0.15, -0.1) is 0 Å². The lowest BCUT2D eigenvalue weighted by atomic mass is 10.1. The van der Waals surface area contributed by atoms with Crippen LogP contribution in [0.2, 0.25) is 0 Å². The van der Waals surface area contributed by atoms with Gasteiger partial charge in [0.05, 0.1) is 0 Å². The van der Waals surface area contributed by atoms with Crippen molar-refractivity contribution < 1.29 is 0 Å². The molecule has 0 bridgehead atoms. The molecule has 0 aliphatic heterocycles. The van der Waals surface area contributed by atoms with Gasteiger partial charge in [0.1, 0.15) is 6.17 Å². The molecule has 0 saturated carbocycles. The van der Waals surface area contributed by atoms with E-state index in [1.807, 2.05) is 38.1 Å². The van der Waals surface area contributed by atoms with Crippen molar-refractivity contribution in [3.8, 4) is 0 Å². The maximum absolute atomic E-state index is 6.17. The molecule has 2 aromatic rings. The van der Waals surface area contributed by atoms with Gasteiger partial charge < -0.3 is 10.6 Å². The third kappa shape index (κ3) is 4.94. The molecular formula is C18H21Cl3N2. The van der Waals surface area contributed by atoms with Gasteiger partial charge in [0.25, 0.3) is 0 Å². The molecule has 2 rings (SSSR count). The zero-order valence-electron chi connectivity index (χ0n) is 13.7. The second kappa shape index (κ2) is 7.21. The molecule has 0 fully saturated rings. The molecule has 0 heterocycles. The highest BCUT2D eigenvalue weighted by atomic mass is 35.6. The van der Waals surface area contributed by atoms with Gasteiger partial charge in [-0.25, -0.2) is 0 Å². The Labute approximate surface area is 153 Å². The van der Waals surface area contributed by atoms with Crippen LogP contribution in [0.25, 0.3) is 0 Å². The van der Waals surface area contributed by atoms with Gasteiger partial charge in [0, 0.05) is 11.4 Å². The fourth-order valence-electron chi connectivity index (χ4n) is 2.46. The zero-order chi connectivity index (χ0) is 17.2. The van der Waals surface area contributed by atoms with Crippen LogP contribution in [0.4, 0.5) is 11.4 Å². The number of alkyl halides is 3. The maximum Gasteiger partial charge on any atom is 0.228 e. The highest BCUT2D eigenvalue weighted by Gasteiger charge is 2.33. The van der Waals surface area contributed by atoms with E-state index in [1.165, 1.54) is 11.1 Å². The van der Waals surface area contributed by atoms with E-state index >= 15 is 0 Å². The lowest BCUT2D eigenvalue weighted by Gasteiger charge is -2.29. The Morgan fingerprint density at radius 1 is 0.739 bits per heavy atom. The molecule has 2 nitrogen and oxygen atoms in total. The number of aryl methyl sites for hydroxylation is 4. The Bertz CT molecular complexity index is 640. The topological polar surface area (TPSA) is 24.1 Å². The third-order valence-electron chi connectivity index (χ3n) is 3.69. The summed E-state index contributed by atoms with van der Waals surface area (Å²) in [5.41, 5.74) is 6.47. The summed E-state index contributed by atoms with van der Waals surface area (Å²) in [5, 5.41) is 6.60. The van der Waals surface area contributed by atoms with Crippen molar-refractivity contribution in [1.29, 1.82) is 0 Å². The molecule has 0 radical (unpaired) electrons. The zero-order valence-corrected chi connectivity index (χ0v) is 15.9. The minimum Gasteiger partial charge on any atom is -0.362 e. The molecule has 5 heteroatoms. The second-order valence-electron chi connectivity index (χ2n) is 5.90. The molecule has 124 valence electrons. The molecule has 23 heavy (non-hydrogen) atoms. The van der Waals surface area contributed by atoms with Gasteiger partial charge in [0.2, 0.25) is 3.79 Å². The van der Waals surface area contributed by atoms with Crippen LogP contribution < -0.4 is 10.6 Å². The predicted octanol–water partition coefficient (Wildman–Crippen LogP) is 6.14. The van der Waals surface area contributed by atoms with Gasteiger partial charge >= 0.3 is 0 Å². The molecular weight excluding hydrogens is 351 g/mol. The molecule has 0 aromatic heterocycles. The average molecular weight is 372 g/mol. The van der Waals surface area contributed by atoms with Gasteiger partial charge in [-0.3, -0.25) is 0 Å². The SMILES string of the molecule is Cc1ccc(NC(Nc2ccc(C)cc2C)C(Cl)(Cl)Cl)c(C)c1. The first-order chi connectivity index (χ1) is 10.7. The highest BCUT2D eigenvalue weighted by molar-refractivity contribution is 6.68. The number of hydrogen-bond acceptors (Lipinski definition) is 2. The summed E-state index contributed by atoms with van der Waals surface area (Å²) in [6.45, 7) is 8.16. The fourth-order valence-corrected chi connectivity index (χ4v) is 2.79.